The van der Waals surface area contributed by atoms with Gasteiger partial charge >= 0.3 is 0 Å². The Kier molecular flexibility index (Phi) is 4.59. The second-order valence-corrected chi connectivity index (χ2v) is 3.78. The van der Waals surface area contributed by atoms with Crippen LogP contribution in [0.15, 0.2) is 24.3 Å². The van der Waals surface area contributed by atoms with Gasteiger partial charge in [-0.1, -0.05) is 23.7 Å². The molecule has 0 heterocycles. The van der Waals surface area contributed by atoms with Crippen LogP contribution in [-0.2, 0) is 11.2 Å². The summed E-state index contributed by atoms with van der Waals surface area (Å²) in [6, 6.07) is 7.22. The smallest absolute Gasteiger partial charge is 0.226 e. The van der Waals surface area contributed by atoms with Crippen molar-refractivity contribution in [2.24, 2.45) is 0 Å². The van der Waals surface area contributed by atoms with Crippen LogP contribution in [0.3, 0.4) is 0 Å². The maximum atomic E-state index is 11.6. The van der Waals surface area contributed by atoms with Gasteiger partial charge < -0.3 is 10.0 Å². The Labute approximate surface area is 94.3 Å². The minimum atomic E-state index is -0.0219. The van der Waals surface area contributed by atoms with Gasteiger partial charge in [-0.25, -0.2) is 0 Å². The summed E-state index contributed by atoms with van der Waals surface area (Å²) in [5, 5.41) is 9.31. The lowest BCUT2D eigenvalue weighted by Gasteiger charge is -2.15. The molecule has 0 fully saturated rings. The van der Waals surface area contributed by atoms with E-state index in [1.54, 1.807) is 19.2 Å². The molecule has 0 bridgehead atoms. The number of nitrogens with zero attached hydrogens (tertiary/aromatic N) is 1. The average molecular weight is 228 g/mol. The topological polar surface area (TPSA) is 40.5 Å². The van der Waals surface area contributed by atoms with Crippen molar-refractivity contribution in [3.05, 3.63) is 34.9 Å². The van der Waals surface area contributed by atoms with E-state index in [-0.39, 0.29) is 12.5 Å². The zero-order valence-corrected chi connectivity index (χ0v) is 9.37. The van der Waals surface area contributed by atoms with E-state index in [0.717, 1.165) is 5.56 Å². The van der Waals surface area contributed by atoms with Crippen molar-refractivity contribution in [3.8, 4) is 0 Å². The van der Waals surface area contributed by atoms with Crippen molar-refractivity contribution >= 4 is 17.5 Å². The number of halogens is 1. The Morgan fingerprint density at radius 1 is 1.53 bits per heavy atom. The maximum Gasteiger partial charge on any atom is 0.226 e. The van der Waals surface area contributed by atoms with Crippen molar-refractivity contribution in [1.82, 2.24) is 4.90 Å². The van der Waals surface area contributed by atoms with Crippen LogP contribution in [0.2, 0.25) is 5.02 Å². The van der Waals surface area contributed by atoms with Gasteiger partial charge in [0.2, 0.25) is 5.91 Å². The van der Waals surface area contributed by atoms with Crippen molar-refractivity contribution in [1.29, 1.82) is 0 Å². The normalized spacial score (nSPS) is 10.1. The monoisotopic (exact) mass is 227 g/mol. The van der Waals surface area contributed by atoms with Gasteiger partial charge in [0.15, 0.2) is 0 Å². The van der Waals surface area contributed by atoms with E-state index < -0.39 is 0 Å². The summed E-state index contributed by atoms with van der Waals surface area (Å²) in [4.78, 5) is 13.1. The fourth-order valence-electron chi connectivity index (χ4n) is 1.23. The van der Waals surface area contributed by atoms with Crippen LogP contribution < -0.4 is 0 Å². The SMILES string of the molecule is CN(CCO)C(=O)Cc1cccc(Cl)c1. The van der Waals surface area contributed by atoms with Crippen LogP contribution in [0.1, 0.15) is 5.56 Å². The van der Waals surface area contributed by atoms with Crippen LogP contribution in [0.5, 0.6) is 0 Å². The molecular weight excluding hydrogens is 214 g/mol. The van der Waals surface area contributed by atoms with Crippen LogP contribution in [0.4, 0.5) is 0 Å². The minimum absolute atomic E-state index is 0.0161. The van der Waals surface area contributed by atoms with Crippen LogP contribution >= 0.6 is 11.6 Å². The maximum absolute atomic E-state index is 11.6. The Hall–Kier alpha value is -1.06. The Bertz CT molecular complexity index is 341. The molecule has 1 amide bonds. The molecule has 3 nitrogen and oxygen atoms in total. The zero-order valence-electron chi connectivity index (χ0n) is 8.61. The first-order valence-electron chi connectivity index (χ1n) is 4.72. The van der Waals surface area contributed by atoms with Gasteiger partial charge in [-0.2, -0.15) is 0 Å². The molecule has 1 aromatic carbocycles. The molecule has 15 heavy (non-hydrogen) atoms. The molecule has 0 saturated heterocycles. The summed E-state index contributed by atoms with van der Waals surface area (Å²) < 4.78 is 0. The van der Waals surface area contributed by atoms with Crippen molar-refractivity contribution in [3.63, 3.8) is 0 Å². The first kappa shape index (κ1) is 12.0. The second-order valence-electron chi connectivity index (χ2n) is 3.35. The van der Waals surface area contributed by atoms with E-state index in [2.05, 4.69) is 0 Å². The number of aliphatic hydroxyl groups is 1. The molecule has 1 rings (SSSR count). The summed E-state index contributed by atoms with van der Waals surface area (Å²) in [6.07, 6.45) is 0.317. The molecular formula is C11H14ClNO2. The fraction of sp³-hybridized carbons (Fsp3) is 0.364. The molecule has 0 aliphatic rings. The lowest BCUT2D eigenvalue weighted by molar-refractivity contribution is -0.129. The highest BCUT2D eigenvalue weighted by Crippen LogP contribution is 2.11. The van der Waals surface area contributed by atoms with Gasteiger partial charge in [0.05, 0.1) is 13.0 Å². The Morgan fingerprint density at radius 2 is 2.27 bits per heavy atom. The molecule has 0 aromatic heterocycles. The fourth-order valence-corrected chi connectivity index (χ4v) is 1.44. The van der Waals surface area contributed by atoms with Crippen LogP contribution in [0, 0.1) is 0 Å². The first-order valence-corrected chi connectivity index (χ1v) is 5.10. The van der Waals surface area contributed by atoms with Gasteiger partial charge in [-0.05, 0) is 17.7 Å². The number of rotatable bonds is 4. The molecule has 4 heteroatoms. The lowest BCUT2D eigenvalue weighted by Crippen LogP contribution is -2.30. The van der Waals surface area contributed by atoms with Gasteiger partial charge in [0.1, 0.15) is 0 Å². The number of hydrogen-bond donors (Lipinski definition) is 1. The molecule has 1 N–H and O–H groups in total. The molecule has 0 aliphatic heterocycles. The number of carbonyl (C=O) groups excluding carboxylic acids is 1. The quantitative estimate of drug-likeness (QED) is 0.843. The third kappa shape index (κ3) is 3.90. The Balaban J connectivity index is 2.58. The molecule has 0 saturated carbocycles. The molecule has 0 unspecified atom stereocenters. The number of carbonyl (C=O) groups is 1. The number of benzene rings is 1. The average Bonchev–Trinajstić information content (AvgIpc) is 2.18. The molecule has 0 aliphatic carbocycles. The second kappa shape index (κ2) is 5.73. The highest BCUT2D eigenvalue weighted by molar-refractivity contribution is 6.30. The minimum Gasteiger partial charge on any atom is -0.395 e. The van der Waals surface area contributed by atoms with Crippen molar-refractivity contribution in [2.75, 3.05) is 20.2 Å². The van der Waals surface area contributed by atoms with E-state index >= 15 is 0 Å². The predicted molar refractivity (Wildman–Crippen MR) is 59.9 cm³/mol. The number of likely N-dealkylation sites (N-methyl/N-ethyl adjacent to an activating group) is 1. The van der Waals surface area contributed by atoms with E-state index in [0.29, 0.717) is 18.0 Å². The number of hydrogen-bond acceptors (Lipinski definition) is 2. The molecule has 0 radical (unpaired) electrons. The largest absolute Gasteiger partial charge is 0.395 e. The van der Waals surface area contributed by atoms with Gasteiger partial charge in [0.25, 0.3) is 0 Å². The number of aliphatic hydroxyl groups excluding tert-OH is 1. The molecule has 1 aromatic rings. The van der Waals surface area contributed by atoms with Crippen molar-refractivity contribution < 1.29 is 9.90 Å². The zero-order chi connectivity index (χ0) is 11.3. The van der Waals surface area contributed by atoms with Gasteiger partial charge in [-0.15, -0.1) is 0 Å². The summed E-state index contributed by atoms with van der Waals surface area (Å²) >= 11 is 5.80. The predicted octanol–water partition coefficient (Wildman–Crippen LogP) is 1.33. The van der Waals surface area contributed by atoms with E-state index in [1.807, 2.05) is 12.1 Å². The lowest BCUT2D eigenvalue weighted by atomic mass is 10.1. The van der Waals surface area contributed by atoms with Crippen LogP contribution in [0.25, 0.3) is 0 Å². The van der Waals surface area contributed by atoms with Gasteiger partial charge in [-0.3, -0.25) is 4.79 Å². The summed E-state index contributed by atoms with van der Waals surface area (Å²) in [6.45, 7) is 0.344. The Morgan fingerprint density at radius 3 is 2.87 bits per heavy atom. The van der Waals surface area contributed by atoms with E-state index in [4.69, 9.17) is 16.7 Å². The van der Waals surface area contributed by atoms with Gasteiger partial charge in [0, 0.05) is 18.6 Å². The molecule has 82 valence electrons. The van der Waals surface area contributed by atoms with Crippen molar-refractivity contribution in [2.45, 2.75) is 6.42 Å². The summed E-state index contributed by atoms with van der Waals surface area (Å²) in [5.41, 5.74) is 0.886. The highest BCUT2D eigenvalue weighted by Gasteiger charge is 2.08. The molecule has 0 atom stereocenters. The highest BCUT2D eigenvalue weighted by atomic mass is 35.5. The third-order valence-corrected chi connectivity index (χ3v) is 2.34. The van der Waals surface area contributed by atoms with E-state index in [9.17, 15) is 4.79 Å². The van der Waals surface area contributed by atoms with E-state index in [1.165, 1.54) is 4.90 Å². The summed E-state index contributed by atoms with van der Waals surface area (Å²) in [5.74, 6) is -0.0219. The summed E-state index contributed by atoms with van der Waals surface area (Å²) in [7, 11) is 1.67. The third-order valence-electron chi connectivity index (χ3n) is 2.11. The van der Waals surface area contributed by atoms with Crippen LogP contribution in [-0.4, -0.2) is 36.1 Å². The first-order chi connectivity index (χ1) is 7.13. The standard InChI is InChI=1S/C11H14ClNO2/c1-13(5-6-14)11(15)8-9-3-2-4-10(12)7-9/h2-4,7,14H,5-6,8H2,1H3. The molecule has 0 spiro atoms. The number of amides is 1.